The molecule has 7 heteroatoms. The van der Waals surface area contributed by atoms with Crippen molar-refractivity contribution in [3.05, 3.63) is 41.6 Å². The third kappa shape index (κ3) is 1.89. The third-order valence-electron chi connectivity index (χ3n) is 2.33. The van der Waals surface area contributed by atoms with Gasteiger partial charge in [0.1, 0.15) is 18.7 Å². The molecule has 3 aromatic rings. The van der Waals surface area contributed by atoms with Gasteiger partial charge in [-0.05, 0) is 11.4 Å². The van der Waals surface area contributed by atoms with Crippen molar-refractivity contribution in [2.45, 2.75) is 6.54 Å². The standard InChI is InChI=1S/C11H7N5OS/c12-4-10-15-13-7-16(10)5-8-6-17-11(14-8)9-2-1-3-18-9/h1-3,6-7H,5H2. The average molecular weight is 257 g/mol. The Kier molecular flexibility index (Phi) is 2.63. The van der Waals surface area contributed by atoms with Gasteiger partial charge in [0.15, 0.2) is 0 Å². The molecular weight excluding hydrogens is 250 g/mol. The van der Waals surface area contributed by atoms with Crippen molar-refractivity contribution in [1.29, 1.82) is 5.26 Å². The van der Waals surface area contributed by atoms with Crippen LogP contribution < -0.4 is 0 Å². The summed E-state index contributed by atoms with van der Waals surface area (Å²) in [7, 11) is 0. The molecule has 0 amide bonds. The van der Waals surface area contributed by atoms with Gasteiger partial charge in [0.05, 0.1) is 17.1 Å². The van der Waals surface area contributed by atoms with Crippen LogP contribution in [0.2, 0.25) is 0 Å². The second-order valence-electron chi connectivity index (χ2n) is 3.52. The molecular formula is C11H7N5OS. The summed E-state index contributed by atoms with van der Waals surface area (Å²) in [6, 6.07) is 5.85. The normalized spacial score (nSPS) is 10.4. The van der Waals surface area contributed by atoms with Crippen molar-refractivity contribution in [1.82, 2.24) is 19.7 Å². The lowest BCUT2D eigenvalue weighted by Crippen LogP contribution is -2.01. The Labute approximate surface area is 106 Å². The molecule has 0 saturated carbocycles. The molecule has 0 aliphatic carbocycles. The number of hydrogen-bond donors (Lipinski definition) is 0. The Morgan fingerprint density at radius 3 is 3.22 bits per heavy atom. The van der Waals surface area contributed by atoms with Gasteiger partial charge in [-0.25, -0.2) is 4.98 Å². The molecule has 3 rings (SSSR count). The molecule has 0 atom stereocenters. The van der Waals surface area contributed by atoms with Crippen LogP contribution in [0.1, 0.15) is 11.5 Å². The SMILES string of the molecule is N#Cc1nncn1Cc1coc(-c2cccs2)n1. The molecule has 3 heterocycles. The van der Waals surface area contributed by atoms with E-state index in [9.17, 15) is 0 Å². The Morgan fingerprint density at radius 1 is 1.50 bits per heavy atom. The molecule has 3 aromatic heterocycles. The summed E-state index contributed by atoms with van der Waals surface area (Å²) < 4.78 is 7.01. The van der Waals surface area contributed by atoms with E-state index in [0.717, 1.165) is 10.6 Å². The highest BCUT2D eigenvalue weighted by molar-refractivity contribution is 7.13. The first-order valence-corrected chi connectivity index (χ1v) is 6.01. The van der Waals surface area contributed by atoms with Crippen molar-refractivity contribution in [2.75, 3.05) is 0 Å². The summed E-state index contributed by atoms with van der Waals surface area (Å²) in [4.78, 5) is 5.34. The highest BCUT2D eigenvalue weighted by atomic mass is 32.1. The second-order valence-corrected chi connectivity index (χ2v) is 4.46. The number of rotatable bonds is 3. The van der Waals surface area contributed by atoms with Crippen LogP contribution in [0, 0.1) is 11.3 Å². The molecule has 0 aliphatic rings. The smallest absolute Gasteiger partial charge is 0.236 e. The lowest BCUT2D eigenvalue weighted by molar-refractivity contribution is 0.572. The van der Waals surface area contributed by atoms with E-state index in [1.807, 2.05) is 23.6 Å². The van der Waals surface area contributed by atoms with Crippen LogP contribution in [-0.2, 0) is 6.54 Å². The fourth-order valence-electron chi connectivity index (χ4n) is 1.52. The van der Waals surface area contributed by atoms with Crippen LogP contribution in [0.15, 0.2) is 34.5 Å². The minimum Gasteiger partial charge on any atom is -0.443 e. The zero-order chi connectivity index (χ0) is 12.4. The van der Waals surface area contributed by atoms with Crippen molar-refractivity contribution in [3.8, 4) is 16.8 Å². The van der Waals surface area contributed by atoms with Gasteiger partial charge in [-0.1, -0.05) is 6.07 Å². The highest BCUT2D eigenvalue weighted by Crippen LogP contribution is 2.23. The average Bonchev–Trinajstić information content (AvgIpc) is 3.10. The largest absolute Gasteiger partial charge is 0.443 e. The van der Waals surface area contributed by atoms with Gasteiger partial charge >= 0.3 is 0 Å². The van der Waals surface area contributed by atoms with E-state index in [0.29, 0.717) is 12.4 Å². The van der Waals surface area contributed by atoms with E-state index in [1.165, 1.54) is 6.33 Å². The minimum absolute atomic E-state index is 0.260. The van der Waals surface area contributed by atoms with Crippen LogP contribution in [0.25, 0.3) is 10.8 Å². The topological polar surface area (TPSA) is 80.5 Å². The lowest BCUT2D eigenvalue weighted by atomic mass is 10.4. The Bertz CT molecular complexity index is 691. The quantitative estimate of drug-likeness (QED) is 0.716. The van der Waals surface area contributed by atoms with E-state index < -0.39 is 0 Å². The van der Waals surface area contributed by atoms with E-state index in [-0.39, 0.29) is 5.82 Å². The summed E-state index contributed by atoms with van der Waals surface area (Å²) in [5, 5.41) is 18.2. The van der Waals surface area contributed by atoms with Crippen molar-refractivity contribution in [3.63, 3.8) is 0 Å². The first-order chi connectivity index (χ1) is 8.86. The molecule has 0 spiro atoms. The molecule has 0 fully saturated rings. The van der Waals surface area contributed by atoms with Gasteiger partial charge in [0.25, 0.3) is 0 Å². The van der Waals surface area contributed by atoms with Crippen molar-refractivity contribution < 1.29 is 4.42 Å². The van der Waals surface area contributed by atoms with Crippen LogP contribution in [0.4, 0.5) is 0 Å². The van der Waals surface area contributed by atoms with Crippen LogP contribution in [0.5, 0.6) is 0 Å². The summed E-state index contributed by atoms with van der Waals surface area (Å²) in [6.07, 6.45) is 3.08. The van der Waals surface area contributed by atoms with Crippen LogP contribution in [-0.4, -0.2) is 19.7 Å². The van der Waals surface area contributed by atoms with Crippen molar-refractivity contribution in [2.24, 2.45) is 0 Å². The molecule has 18 heavy (non-hydrogen) atoms. The molecule has 88 valence electrons. The third-order valence-corrected chi connectivity index (χ3v) is 3.19. The molecule has 0 aromatic carbocycles. The maximum absolute atomic E-state index is 8.83. The van der Waals surface area contributed by atoms with Crippen LogP contribution >= 0.6 is 11.3 Å². The van der Waals surface area contributed by atoms with Gasteiger partial charge in [-0.15, -0.1) is 21.5 Å². The second kappa shape index (κ2) is 4.43. The van der Waals surface area contributed by atoms with Crippen LogP contribution in [0.3, 0.4) is 0 Å². The number of thiophene rings is 1. The van der Waals surface area contributed by atoms with Gasteiger partial charge in [0.2, 0.25) is 11.7 Å². The summed E-state index contributed by atoms with van der Waals surface area (Å²) in [6.45, 7) is 0.421. The van der Waals surface area contributed by atoms with E-state index in [4.69, 9.17) is 9.68 Å². The van der Waals surface area contributed by atoms with Gasteiger partial charge < -0.3 is 4.42 Å². The molecule has 0 aliphatic heterocycles. The number of nitriles is 1. The summed E-state index contributed by atoms with van der Waals surface area (Å²) >= 11 is 1.56. The van der Waals surface area contributed by atoms with Gasteiger partial charge in [0, 0.05) is 0 Å². The fourth-order valence-corrected chi connectivity index (χ4v) is 2.18. The Balaban J connectivity index is 1.85. The van der Waals surface area contributed by atoms with E-state index >= 15 is 0 Å². The molecule has 0 radical (unpaired) electrons. The van der Waals surface area contributed by atoms with Gasteiger partial charge in [-0.3, -0.25) is 4.57 Å². The zero-order valence-electron chi connectivity index (χ0n) is 9.15. The Morgan fingerprint density at radius 2 is 2.44 bits per heavy atom. The molecule has 0 N–H and O–H groups in total. The number of hydrogen-bond acceptors (Lipinski definition) is 6. The first kappa shape index (κ1) is 10.7. The molecule has 0 unspecified atom stereocenters. The number of oxazole rings is 1. The monoisotopic (exact) mass is 257 g/mol. The molecule has 0 saturated heterocycles. The van der Waals surface area contributed by atoms with E-state index in [2.05, 4.69) is 15.2 Å². The summed E-state index contributed by atoms with van der Waals surface area (Å²) in [5.41, 5.74) is 0.731. The first-order valence-electron chi connectivity index (χ1n) is 5.13. The predicted octanol–water partition coefficient (Wildman–Crippen LogP) is 1.91. The molecule has 6 nitrogen and oxygen atoms in total. The number of aromatic nitrogens is 4. The maximum Gasteiger partial charge on any atom is 0.236 e. The zero-order valence-corrected chi connectivity index (χ0v) is 9.96. The predicted molar refractivity (Wildman–Crippen MR) is 63.7 cm³/mol. The number of nitrogens with zero attached hydrogens (tertiary/aromatic N) is 5. The Hall–Kier alpha value is -2.46. The van der Waals surface area contributed by atoms with Crippen molar-refractivity contribution >= 4 is 11.3 Å². The fraction of sp³-hybridized carbons (Fsp3) is 0.0909. The minimum atomic E-state index is 0.260. The summed E-state index contributed by atoms with van der Waals surface area (Å²) in [5.74, 6) is 0.849. The van der Waals surface area contributed by atoms with E-state index in [1.54, 1.807) is 22.2 Å². The van der Waals surface area contributed by atoms with Gasteiger partial charge in [-0.2, -0.15) is 5.26 Å². The highest BCUT2D eigenvalue weighted by Gasteiger charge is 2.10. The lowest BCUT2D eigenvalue weighted by Gasteiger charge is -1.96. The molecule has 0 bridgehead atoms. The maximum atomic E-state index is 8.83.